The van der Waals surface area contributed by atoms with Crippen LogP contribution in [-0.4, -0.2) is 17.7 Å². The molecule has 0 fully saturated rings. The van der Waals surface area contributed by atoms with Gasteiger partial charge in [0, 0.05) is 18.2 Å². The highest BCUT2D eigenvalue weighted by molar-refractivity contribution is 7.17. The molecule has 1 aromatic rings. The summed E-state index contributed by atoms with van der Waals surface area (Å²) in [6, 6.07) is 0. The maximum Gasteiger partial charge on any atom is 0.272 e. The van der Waals surface area contributed by atoms with Crippen LogP contribution in [0.25, 0.3) is 0 Å². The van der Waals surface area contributed by atoms with Crippen LogP contribution >= 0.6 is 11.3 Å². The Kier molecular flexibility index (Phi) is 6.78. The second-order valence-electron chi connectivity index (χ2n) is 6.06. The van der Waals surface area contributed by atoms with Crippen molar-refractivity contribution < 1.29 is 14.4 Å². The van der Waals surface area contributed by atoms with Crippen molar-refractivity contribution in [3.8, 4) is 0 Å². The van der Waals surface area contributed by atoms with Crippen LogP contribution < -0.4 is 16.2 Å². The monoisotopic (exact) mass is 351 g/mol. The second kappa shape index (κ2) is 8.82. The summed E-state index contributed by atoms with van der Waals surface area (Å²) in [5.41, 5.74) is 6.28. The summed E-state index contributed by atoms with van der Waals surface area (Å²) in [6.07, 6.45) is 7.27. The number of anilines is 1. The van der Waals surface area contributed by atoms with Gasteiger partial charge in [-0.3, -0.25) is 25.2 Å². The van der Waals surface area contributed by atoms with Gasteiger partial charge in [0.1, 0.15) is 5.00 Å². The molecular formula is C17H25N3O3S. The van der Waals surface area contributed by atoms with E-state index >= 15 is 0 Å². The molecule has 0 saturated heterocycles. The van der Waals surface area contributed by atoms with Crippen LogP contribution in [0.1, 0.15) is 73.2 Å². The van der Waals surface area contributed by atoms with E-state index in [9.17, 15) is 14.4 Å². The molecule has 1 aliphatic carbocycles. The van der Waals surface area contributed by atoms with E-state index in [0.717, 1.165) is 50.5 Å². The zero-order valence-electron chi connectivity index (χ0n) is 14.3. The molecule has 0 radical (unpaired) electrons. The minimum Gasteiger partial charge on any atom is -0.317 e. The highest BCUT2D eigenvalue weighted by Gasteiger charge is 2.25. The summed E-state index contributed by atoms with van der Waals surface area (Å²) in [4.78, 5) is 36.8. The van der Waals surface area contributed by atoms with E-state index in [4.69, 9.17) is 0 Å². The quantitative estimate of drug-likeness (QED) is 0.563. The van der Waals surface area contributed by atoms with Gasteiger partial charge < -0.3 is 5.32 Å². The molecule has 6 nitrogen and oxygen atoms in total. The van der Waals surface area contributed by atoms with Crippen molar-refractivity contribution in [3.63, 3.8) is 0 Å². The van der Waals surface area contributed by atoms with Crippen molar-refractivity contribution in [2.45, 2.75) is 65.2 Å². The number of hydrogen-bond donors (Lipinski definition) is 3. The Bertz CT molecular complexity index is 625. The molecule has 0 bridgehead atoms. The molecule has 1 aromatic heterocycles. The van der Waals surface area contributed by atoms with Crippen molar-refractivity contribution in [1.29, 1.82) is 0 Å². The highest BCUT2D eigenvalue weighted by Crippen LogP contribution is 2.37. The Morgan fingerprint density at radius 2 is 1.83 bits per heavy atom. The number of aryl methyl sites for hydroxylation is 1. The molecule has 2 rings (SSSR count). The number of nitrogens with one attached hydrogen (secondary N) is 3. The smallest absolute Gasteiger partial charge is 0.272 e. The van der Waals surface area contributed by atoms with E-state index < -0.39 is 0 Å². The Morgan fingerprint density at radius 1 is 1.08 bits per heavy atom. The van der Waals surface area contributed by atoms with Crippen LogP contribution in [0.5, 0.6) is 0 Å². The largest absolute Gasteiger partial charge is 0.317 e. The van der Waals surface area contributed by atoms with Crippen LogP contribution in [0.15, 0.2) is 0 Å². The maximum absolute atomic E-state index is 12.5. The van der Waals surface area contributed by atoms with Gasteiger partial charge in [0.2, 0.25) is 11.8 Å². The Morgan fingerprint density at radius 3 is 2.54 bits per heavy atom. The van der Waals surface area contributed by atoms with Crippen molar-refractivity contribution in [1.82, 2.24) is 10.9 Å². The van der Waals surface area contributed by atoms with Gasteiger partial charge in [-0.15, -0.1) is 11.3 Å². The molecule has 24 heavy (non-hydrogen) atoms. The van der Waals surface area contributed by atoms with Crippen LogP contribution in [0.2, 0.25) is 0 Å². The van der Waals surface area contributed by atoms with Crippen LogP contribution in [0, 0.1) is 0 Å². The van der Waals surface area contributed by atoms with Gasteiger partial charge in [0.25, 0.3) is 5.91 Å². The lowest BCUT2D eigenvalue weighted by Crippen LogP contribution is -2.40. The van der Waals surface area contributed by atoms with Gasteiger partial charge in [-0.2, -0.15) is 0 Å². The lowest BCUT2D eigenvalue weighted by atomic mass is 10.0. The summed E-state index contributed by atoms with van der Waals surface area (Å²) in [5, 5.41) is 3.50. The lowest BCUT2D eigenvalue weighted by Gasteiger charge is -2.10. The molecule has 3 N–H and O–H groups in total. The second-order valence-corrected chi connectivity index (χ2v) is 7.16. The molecule has 0 aromatic carbocycles. The fourth-order valence-corrected chi connectivity index (χ4v) is 4.11. The number of rotatable bonds is 5. The maximum atomic E-state index is 12.5. The normalized spacial score (nSPS) is 13.6. The van der Waals surface area contributed by atoms with Gasteiger partial charge in [-0.25, -0.2) is 0 Å². The molecule has 132 valence electrons. The number of carbonyl (C=O) groups is 3. The molecule has 7 heteroatoms. The van der Waals surface area contributed by atoms with Crippen LogP contribution in [0.3, 0.4) is 0 Å². The predicted octanol–water partition coefficient (Wildman–Crippen LogP) is 2.93. The zero-order valence-corrected chi connectivity index (χ0v) is 15.1. The number of fused-ring (bicyclic) bond motifs is 1. The van der Waals surface area contributed by atoms with Gasteiger partial charge >= 0.3 is 0 Å². The van der Waals surface area contributed by atoms with Gasteiger partial charge in [-0.05, 0) is 37.7 Å². The number of hydrazine groups is 1. The fraction of sp³-hybridized carbons (Fsp3) is 0.588. The molecule has 0 spiro atoms. The minimum atomic E-state index is -0.365. The van der Waals surface area contributed by atoms with Crippen molar-refractivity contribution in [2.75, 3.05) is 5.32 Å². The Balaban J connectivity index is 2.26. The number of carbonyl (C=O) groups excluding carboxylic acids is 3. The number of hydrogen-bond acceptors (Lipinski definition) is 4. The van der Waals surface area contributed by atoms with E-state index in [2.05, 4.69) is 16.2 Å². The average molecular weight is 351 g/mol. The minimum absolute atomic E-state index is 0.0677. The molecule has 0 saturated carbocycles. The number of amides is 3. The van der Waals surface area contributed by atoms with Crippen molar-refractivity contribution in [2.24, 2.45) is 0 Å². The van der Waals surface area contributed by atoms with Gasteiger partial charge in [0.05, 0.1) is 5.56 Å². The first-order valence-corrected chi connectivity index (χ1v) is 9.35. The van der Waals surface area contributed by atoms with Crippen LogP contribution in [0.4, 0.5) is 5.00 Å². The van der Waals surface area contributed by atoms with E-state index in [0.29, 0.717) is 17.0 Å². The molecule has 0 aliphatic heterocycles. The van der Waals surface area contributed by atoms with Crippen molar-refractivity contribution >= 4 is 34.1 Å². The first-order valence-electron chi connectivity index (χ1n) is 8.54. The molecule has 1 heterocycles. The first kappa shape index (κ1) is 18.4. The van der Waals surface area contributed by atoms with Crippen molar-refractivity contribution in [3.05, 3.63) is 16.0 Å². The Hall–Kier alpha value is -1.89. The molecule has 0 unspecified atom stereocenters. The number of unbranched alkanes of at least 4 members (excludes halogenated alkanes) is 1. The lowest BCUT2D eigenvalue weighted by molar-refractivity contribution is -0.119. The van der Waals surface area contributed by atoms with Crippen LogP contribution in [-0.2, 0) is 22.4 Å². The molecule has 0 atom stereocenters. The third-order valence-corrected chi connectivity index (χ3v) is 5.22. The van der Waals surface area contributed by atoms with Gasteiger partial charge in [-0.1, -0.05) is 19.8 Å². The van der Waals surface area contributed by atoms with Gasteiger partial charge in [0.15, 0.2) is 0 Å². The Labute approximate surface area is 146 Å². The summed E-state index contributed by atoms with van der Waals surface area (Å²) in [6.45, 7) is 3.37. The SMILES string of the molecule is CCCCC(=O)Nc1sc2c(c1C(=O)NNC(C)=O)CCCCC2. The summed E-state index contributed by atoms with van der Waals surface area (Å²) in [7, 11) is 0. The highest BCUT2D eigenvalue weighted by atomic mass is 32.1. The van der Waals surface area contributed by atoms with E-state index in [-0.39, 0.29) is 17.7 Å². The van der Waals surface area contributed by atoms with E-state index in [1.165, 1.54) is 23.1 Å². The summed E-state index contributed by atoms with van der Waals surface area (Å²) < 4.78 is 0. The third-order valence-electron chi connectivity index (χ3n) is 4.01. The fourth-order valence-electron chi connectivity index (χ4n) is 2.80. The molecule has 1 aliphatic rings. The third kappa shape index (κ3) is 4.80. The van der Waals surface area contributed by atoms with E-state index in [1.807, 2.05) is 6.92 Å². The zero-order chi connectivity index (χ0) is 17.5. The van der Waals surface area contributed by atoms with E-state index in [1.54, 1.807) is 0 Å². The molecular weight excluding hydrogens is 326 g/mol. The standard InChI is InChI=1S/C17H25N3O3S/c1-3-4-10-14(22)18-17-15(16(23)20-19-11(2)21)12-8-6-5-7-9-13(12)24-17/h3-10H2,1-2H3,(H,18,22)(H,19,21)(H,20,23). The number of thiophene rings is 1. The predicted molar refractivity (Wildman–Crippen MR) is 95.0 cm³/mol. The molecule has 3 amide bonds. The summed E-state index contributed by atoms with van der Waals surface area (Å²) in [5.74, 6) is -0.768. The summed E-state index contributed by atoms with van der Waals surface area (Å²) >= 11 is 1.49. The average Bonchev–Trinajstić information content (AvgIpc) is 2.71. The topological polar surface area (TPSA) is 87.3 Å². The first-order chi connectivity index (χ1) is 11.5.